The molecular weight excluding hydrogens is 322 g/mol. The highest BCUT2D eigenvalue weighted by Crippen LogP contribution is 2.20. The number of hydrogen-bond donors (Lipinski definition) is 1. The van der Waals surface area contributed by atoms with Crippen LogP contribution in [0.1, 0.15) is 22.1 Å². The van der Waals surface area contributed by atoms with E-state index in [1.807, 2.05) is 75.9 Å². The van der Waals surface area contributed by atoms with Crippen molar-refractivity contribution in [2.24, 2.45) is 7.05 Å². The minimum absolute atomic E-state index is 0.0503. The number of aromatic nitrogens is 1. The monoisotopic (exact) mass is 347 g/mol. The van der Waals surface area contributed by atoms with Crippen LogP contribution in [0.2, 0.25) is 0 Å². The molecule has 1 aromatic heterocycles. The zero-order chi connectivity index (χ0) is 18.5. The lowest BCUT2D eigenvalue weighted by molar-refractivity contribution is 0.0941. The number of carbonyl (C=O) groups is 1. The molecule has 1 amide bonds. The largest absolute Gasteiger partial charge is 0.353 e. The van der Waals surface area contributed by atoms with Crippen LogP contribution in [0.3, 0.4) is 0 Å². The Morgan fingerprint density at radius 2 is 1.62 bits per heavy atom. The van der Waals surface area contributed by atoms with E-state index in [9.17, 15) is 4.79 Å². The average Bonchev–Trinajstić information content (AvgIpc) is 3.08. The Kier molecular flexibility index (Phi) is 5.54. The maximum Gasteiger partial charge on any atom is 0.251 e. The van der Waals surface area contributed by atoms with Crippen LogP contribution in [0.25, 0.3) is 11.1 Å². The van der Waals surface area contributed by atoms with E-state index in [0.29, 0.717) is 12.1 Å². The van der Waals surface area contributed by atoms with Gasteiger partial charge in [0.2, 0.25) is 0 Å². The van der Waals surface area contributed by atoms with E-state index in [0.717, 1.165) is 11.1 Å². The fourth-order valence-corrected chi connectivity index (χ4v) is 3.11. The summed E-state index contributed by atoms with van der Waals surface area (Å²) in [6.07, 6.45) is 2.02. The molecule has 1 N–H and O–H groups in total. The number of hydrogen-bond acceptors (Lipinski definition) is 2. The summed E-state index contributed by atoms with van der Waals surface area (Å²) in [6.45, 7) is 0.560. The average molecular weight is 347 g/mol. The van der Waals surface area contributed by atoms with E-state index in [1.54, 1.807) is 0 Å². The van der Waals surface area contributed by atoms with Gasteiger partial charge in [-0.05, 0) is 49.5 Å². The molecule has 1 unspecified atom stereocenters. The van der Waals surface area contributed by atoms with Gasteiger partial charge >= 0.3 is 0 Å². The van der Waals surface area contributed by atoms with E-state index in [-0.39, 0.29) is 11.9 Å². The van der Waals surface area contributed by atoms with Crippen molar-refractivity contribution < 1.29 is 4.79 Å². The van der Waals surface area contributed by atoms with E-state index < -0.39 is 0 Å². The quantitative estimate of drug-likeness (QED) is 0.738. The van der Waals surface area contributed by atoms with Crippen LogP contribution in [0, 0.1) is 0 Å². The smallest absolute Gasteiger partial charge is 0.251 e. The standard InChI is InChI=1S/C22H25N3O/c1-24(2)21(20-10-7-15-25(20)3)16-23-22(26)19-13-11-18(12-14-19)17-8-5-4-6-9-17/h4-15,21H,16H2,1-3H3,(H,23,26). The Bertz CT molecular complexity index is 851. The number of nitrogens with zero attached hydrogens (tertiary/aromatic N) is 2. The molecule has 0 spiro atoms. The molecule has 2 aromatic carbocycles. The lowest BCUT2D eigenvalue weighted by Gasteiger charge is -2.25. The molecule has 0 saturated carbocycles. The molecule has 4 nitrogen and oxygen atoms in total. The predicted molar refractivity (Wildman–Crippen MR) is 106 cm³/mol. The second-order valence-electron chi connectivity index (χ2n) is 6.68. The van der Waals surface area contributed by atoms with Crippen LogP contribution in [-0.4, -0.2) is 36.0 Å². The summed E-state index contributed by atoms with van der Waals surface area (Å²) >= 11 is 0. The van der Waals surface area contributed by atoms with Crippen molar-refractivity contribution >= 4 is 5.91 Å². The third kappa shape index (κ3) is 4.03. The van der Waals surface area contributed by atoms with Crippen LogP contribution in [-0.2, 0) is 7.05 Å². The maximum absolute atomic E-state index is 12.5. The molecule has 1 heterocycles. The molecule has 0 aliphatic heterocycles. The maximum atomic E-state index is 12.5. The second kappa shape index (κ2) is 8.02. The number of rotatable bonds is 6. The van der Waals surface area contributed by atoms with Gasteiger partial charge in [0, 0.05) is 31.0 Å². The molecule has 0 bridgehead atoms. The van der Waals surface area contributed by atoms with Gasteiger partial charge in [0.1, 0.15) is 0 Å². The number of likely N-dealkylation sites (N-methyl/N-ethyl adjacent to an activating group) is 1. The first kappa shape index (κ1) is 18.0. The lowest BCUT2D eigenvalue weighted by Crippen LogP contribution is -2.35. The van der Waals surface area contributed by atoms with Crippen molar-refractivity contribution in [2.45, 2.75) is 6.04 Å². The number of carbonyl (C=O) groups excluding carboxylic acids is 1. The van der Waals surface area contributed by atoms with Gasteiger partial charge in [-0.3, -0.25) is 9.69 Å². The molecular formula is C22H25N3O. The highest BCUT2D eigenvalue weighted by Gasteiger charge is 2.18. The third-order valence-electron chi connectivity index (χ3n) is 4.66. The molecule has 0 aliphatic rings. The minimum atomic E-state index is -0.0503. The lowest BCUT2D eigenvalue weighted by atomic mass is 10.0. The Morgan fingerprint density at radius 3 is 2.19 bits per heavy atom. The van der Waals surface area contributed by atoms with Crippen LogP contribution in [0.4, 0.5) is 0 Å². The Labute approximate surface area is 155 Å². The fourth-order valence-electron chi connectivity index (χ4n) is 3.11. The molecule has 26 heavy (non-hydrogen) atoms. The van der Waals surface area contributed by atoms with Crippen molar-refractivity contribution in [1.82, 2.24) is 14.8 Å². The molecule has 3 rings (SSSR count). The highest BCUT2D eigenvalue weighted by molar-refractivity contribution is 5.94. The summed E-state index contributed by atoms with van der Waals surface area (Å²) in [5, 5.41) is 3.06. The first-order chi connectivity index (χ1) is 12.6. The van der Waals surface area contributed by atoms with Gasteiger partial charge in [-0.15, -0.1) is 0 Å². The first-order valence-electron chi connectivity index (χ1n) is 8.77. The minimum Gasteiger partial charge on any atom is -0.353 e. The van der Waals surface area contributed by atoms with Crippen molar-refractivity contribution in [3.8, 4) is 11.1 Å². The van der Waals surface area contributed by atoms with Gasteiger partial charge in [-0.25, -0.2) is 0 Å². The van der Waals surface area contributed by atoms with Gasteiger partial charge in [0.25, 0.3) is 5.91 Å². The zero-order valence-electron chi connectivity index (χ0n) is 15.5. The van der Waals surface area contributed by atoms with Crippen LogP contribution in [0.15, 0.2) is 72.9 Å². The van der Waals surface area contributed by atoms with Crippen molar-refractivity contribution in [2.75, 3.05) is 20.6 Å². The molecule has 1 atom stereocenters. The topological polar surface area (TPSA) is 37.3 Å². The van der Waals surface area contributed by atoms with Crippen LogP contribution < -0.4 is 5.32 Å². The van der Waals surface area contributed by atoms with Crippen molar-refractivity contribution in [3.63, 3.8) is 0 Å². The Balaban J connectivity index is 1.67. The van der Waals surface area contributed by atoms with Crippen molar-refractivity contribution in [1.29, 1.82) is 0 Å². The van der Waals surface area contributed by atoms with Gasteiger partial charge in [0.15, 0.2) is 0 Å². The predicted octanol–water partition coefficient (Wildman–Crippen LogP) is 3.72. The molecule has 0 radical (unpaired) electrons. The molecule has 4 heteroatoms. The second-order valence-corrected chi connectivity index (χ2v) is 6.68. The summed E-state index contributed by atoms with van der Waals surface area (Å²) < 4.78 is 2.09. The van der Waals surface area contributed by atoms with E-state index in [1.165, 1.54) is 5.69 Å². The van der Waals surface area contributed by atoms with Crippen LogP contribution in [0.5, 0.6) is 0 Å². The number of amides is 1. The van der Waals surface area contributed by atoms with Crippen LogP contribution >= 0.6 is 0 Å². The molecule has 134 valence electrons. The summed E-state index contributed by atoms with van der Waals surface area (Å²) in [6, 6.07) is 22.1. The molecule has 3 aromatic rings. The highest BCUT2D eigenvalue weighted by atomic mass is 16.1. The van der Waals surface area contributed by atoms with E-state index in [2.05, 4.69) is 33.0 Å². The summed E-state index contributed by atoms with van der Waals surface area (Å²) in [4.78, 5) is 14.7. The summed E-state index contributed by atoms with van der Waals surface area (Å²) in [5.41, 5.74) is 4.11. The van der Waals surface area contributed by atoms with Gasteiger partial charge in [-0.1, -0.05) is 42.5 Å². The molecule has 0 fully saturated rings. The molecule has 0 saturated heterocycles. The Morgan fingerprint density at radius 1 is 0.962 bits per heavy atom. The number of nitrogens with one attached hydrogen (secondary N) is 1. The number of aryl methyl sites for hydroxylation is 1. The third-order valence-corrected chi connectivity index (χ3v) is 4.66. The first-order valence-corrected chi connectivity index (χ1v) is 8.77. The van der Waals surface area contributed by atoms with E-state index >= 15 is 0 Å². The van der Waals surface area contributed by atoms with Crippen molar-refractivity contribution in [3.05, 3.63) is 84.2 Å². The van der Waals surface area contributed by atoms with Gasteiger partial charge in [-0.2, -0.15) is 0 Å². The Hall–Kier alpha value is -2.85. The van der Waals surface area contributed by atoms with Gasteiger partial charge < -0.3 is 9.88 Å². The fraction of sp³-hybridized carbons (Fsp3) is 0.227. The zero-order valence-corrected chi connectivity index (χ0v) is 15.5. The SMILES string of the molecule is CN(C)C(CNC(=O)c1ccc(-c2ccccc2)cc1)c1cccn1C. The number of benzene rings is 2. The summed E-state index contributed by atoms with van der Waals surface area (Å²) in [7, 11) is 6.08. The normalized spacial score (nSPS) is 12.2. The van der Waals surface area contributed by atoms with Gasteiger partial charge in [0.05, 0.1) is 6.04 Å². The van der Waals surface area contributed by atoms with E-state index in [4.69, 9.17) is 0 Å². The summed E-state index contributed by atoms with van der Waals surface area (Å²) in [5.74, 6) is -0.0503. The molecule has 0 aliphatic carbocycles.